The second-order valence-electron chi connectivity index (χ2n) is 7.19. The first-order valence-electron chi connectivity index (χ1n) is 9.39. The van der Waals surface area contributed by atoms with Crippen molar-refractivity contribution in [2.24, 2.45) is 0 Å². The van der Waals surface area contributed by atoms with Gasteiger partial charge in [0.2, 0.25) is 0 Å². The topological polar surface area (TPSA) is 33.2 Å². The van der Waals surface area contributed by atoms with Crippen LogP contribution in [-0.2, 0) is 6.18 Å². The second-order valence-corrected chi connectivity index (χ2v) is 7.19. The average Bonchev–Trinajstić information content (AvgIpc) is 3.24. The molecule has 1 aliphatic rings. The molecule has 3 nitrogen and oxygen atoms in total. The van der Waals surface area contributed by atoms with E-state index in [1.165, 1.54) is 0 Å². The fourth-order valence-corrected chi connectivity index (χ4v) is 3.73. The van der Waals surface area contributed by atoms with Crippen molar-refractivity contribution >= 4 is 5.91 Å². The summed E-state index contributed by atoms with van der Waals surface area (Å²) < 4.78 is 40.4. The van der Waals surface area contributed by atoms with Gasteiger partial charge in [-0.1, -0.05) is 36.4 Å². The van der Waals surface area contributed by atoms with Gasteiger partial charge in [0.15, 0.2) is 0 Å². The Hall–Kier alpha value is -3.15. The average molecular weight is 396 g/mol. The first-order valence-corrected chi connectivity index (χ1v) is 9.39. The highest BCUT2D eigenvalue weighted by Crippen LogP contribution is 2.35. The van der Waals surface area contributed by atoms with Crippen LogP contribution in [0.3, 0.4) is 0 Å². The predicted octanol–water partition coefficient (Wildman–Crippen LogP) is 5.40. The summed E-state index contributed by atoms with van der Waals surface area (Å²) in [6.45, 7) is 0.983. The highest BCUT2D eigenvalue weighted by molar-refractivity contribution is 5.96. The molecule has 1 atom stereocenters. The molecule has 0 spiro atoms. The molecule has 0 aliphatic carbocycles. The van der Waals surface area contributed by atoms with Gasteiger partial charge in [-0.2, -0.15) is 13.2 Å². The first-order chi connectivity index (χ1) is 13.9. The molecule has 0 N–H and O–H groups in total. The lowest BCUT2D eigenvalue weighted by Gasteiger charge is -2.19. The molecule has 2 heterocycles. The summed E-state index contributed by atoms with van der Waals surface area (Å²) in [5, 5.41) is 0. The molecule has 2 aromatic carbocycles. The summed E-state index contributed by atoms with van der Waals surface area (Å²) in [7, 11) is 0. The van der Waals surface area contributed by atoms with Gasteiger partial charge in [0.25, 0.3) is 5.91 Å². The highest BCUT2D eigenvalue weighted by Gasteiger charge is 2.33. The third-order valence-corrected chi connectivity index (χ3v) is 5.25. The van der Waals surface area contributed by atoms with Crippen molar-refractivity contribution in [3.63, 3.8) is 0 Å². The van der Waals surface area contributed by atoms with E-state index in [4.69, 9.17) is 0 Å². The van der Waals surface area contributed by atoms with E-state index < -0.39 is 11.7 Å². The summed E-state index contributed by atoms with van der Waals surface area (Å²) in [5.74, 6) is -0.230. The minimum absolute atomic E-state index is 0.0607. The lowest BCUT2D eigenvalue weighted by molar-refractivity contribution is -0.137. The van der Waals surface area contributed by atoms with Gasteiger partial charge in [-0.15, -0.1) is 0 Å². The normalized spacial score (nSPS) is 16.8. The summed E-state index contributed by atoms with van der Waals surface area (Å²) >= 11 is 0. The molecule has 1 amide bonds. The maximum absolute atomic E-state index is 13.5. The standard InChI is InChI=1S/C23H19F3N2O/c24-23(25,26)21-12-19(16-5-2-1-3-6-16)11-20(13-21)22(29)28-10-8-18(15-28)17-7-4-9-27-14-17/h1-7,9,11-14,18H,8,10,15H2. The number of hydrogen-bond donors (Lipinski definition) is 0. The Labute approximate surface area is 166 Å². The summed E-state index contributed by atoms with van der Waals surface area (Å²) in [6.07, 6.45) is -0.295. The van der Waals surface area contributed by atoms with E-state index in [2.05, 4.69) is 4.98 Å². The minimum Gasteiger partial charge on any atom is -0.338 e. The Morgan fingerprint density at radius 3 is 2.48 bits per heavy atom. The number of amides is 1. The molecule has 1 aliphatic heterocycles. The van der Waals surface area contributed by atoms with E-state index in [1.807, 2.05) is 12.1 Å². The van der Waals surface area contributed by atoms with Crippen molar-refractivity contribution < 1.29 is 18.0 Å². The maximum Gasteiger partial charge on any atom is 0.416 e. The lowest BCUT2D eigenvalue weighted by Crippen LogP contribution is -2.28. The zero-order valence-electron chi connectivity index (χ0n) is 15.6. The fraction of sp³-hybridized carbons (Fsp3) is 0.217. The molecule has 1 fully saturated rings. The van der Waals surface area contributed by atoms with Crippen LogP contribution in [0, 0.1) is 0 Å². The monoisotopic (exact) mass is 396 g/mol. The van der Waals surface area contributed by atoms with Gasteiger partial charge in [0, 0.05) is 37.0 Å². The number of carbonyl (C=O) groups is 1. The van der Waals surface area contributed by atoms with Gasteiger partial charge in [-0.05, 0) is 47.4 Å². The zero-order chi connectivity index (χ0) is 20.4. The van der Waals surface area contributed by atoms with Crippen molar-refractivity contribution in [1.29, 1.82) is 0 Å². The minimum atomic E-state index is -4.52. The molecule has 0 saturated carbocycles. The van der Waals surface area contributed by atoms with Crippen LogP contribution >= 0.6 is 0 Å². The molecule has 3 aromatic rings. The van der Waals surface area contributed by atoms with E-state index in [1.54, 1.807) is 53.7 Å². The number of hydrogen-bond acceptors (Lipinski definition) is 2. The van der Waals surface area contributed by atoms with Gasteiger partial charge in [-0.3, -0.25) is 9.78 Å². The Bertz CT molecular complexity index is 1000. The van der Waals surface area contributed by atoms with E-state index in [9.17, 15) is 18.0 Å². The largest absolute Gasteiger partial charge is 0.416 e. The van der Waals surface area contributed by atoms with Crippen molar-refractivity contribution in [2.45, 2.75) is 18.5 Å². The lowest BCUT2D eigenvalue weighted by atomic mass is 9.98. The zero-order valence-corrected chi connectivity index (χ0v) is 15.6. The highest BCUT2D eigenvalue weighted by atomic mass is 19.4. The maximum atomic E-state index is 13.5. The molecular formula is C23H19F3N2O. The molecule has 4 rings (SSSR count). The Morgan fingerprint density at radius 2 is 1.79 bits per heavy atom. The van der Waals surface area contributed by atoms with E-state index in [-0.39, 0.29) is 17.4 Å². The Balaban J connectivity index is 1.64. The third kappa shape index (κ3) is 4.16. The molecule has 148 valence electrons. The van der Waals surface area contributed by atoms with Crippen LogP contribution in [0.15, 0.2) is 73.1 Å². The molecule has 1 aromatic heterocycles. The number of alkyl halides is 3. The number of nitrogens with zero attached hydrogens (tertiary/aromatic N) is 2. The SMILES string of the molecule is O=C(c1cc(-c2ccccc2)cc(C(F)(F)F)c1)N1CCC(c2cccnc2)C1. The van der Waals surface area contributed by atoms with E-state index in [0.717, 1.165) is 24.1 Å². The van der Waals surface area contributed by atoms with Crippen molar-refractivity contribution in [3.8, 4) is 11.1 Å². The van der Waals surface area contributed by atoms with Gasteiger partial charge in [-0.25, -0.2) is 0 Å². The number of aromatic nitrogens is 1. The van der Waals surface area contributed by atoms with E-state index >= 15 is 0 Å². The molecule has 6 heteroatoms. The van der Waals surface area contributed by atoms with Crippen LogP contribution < -0.4 is 0 Å². The molecule has 0 radical (unpaired) electrons. The number of halogens is 3. The third-order valence-electron chi connectivity index (χ3n) is 5.25. The second kappa shape index (κ2) is 7.70. The Morgan fingerprint density at radius 1 is 1.00 bits per heavy atom. The summed E-state index contributed by atoms with van der Waals surface area (Å²) in [4.78, 5) is 18.8. The van der Waals surface area contributed by atoms with Crippen molar-refractivity contribution in [2.75, 3.05) is 13.1 Å². The van der Waals surface area contributed by atoms with Gasteiger partial charge >= 0.3 is 6.18 Å². The van der Waals surface area contributed by atoms with Crippen LogP contribution in [0.25, 0.3) is 11.1 Å². The molecule has 0 bridgehead atoms. The number of rotatable bonds is 3. The number of benzene rings is 2. The molecular weight excluding hydrogens is 377 g/mol. The first kappa shape index (κ1) is 19.2. The number of likely N-dealkylation sites (tertiary alicyclic amines) is 1. The molecule has 29 heavy (non-hydrogen) atoms. The Kier molecular flexibility index (Phi) is 5.09. The van der Waals surface area contributed by atoms with Gasteiger partial charge in [0.1, 0.15) is 0 Å². The van der Waals surface area contributed by atoms with Crippen LogP contribution in [0.5, 0.6) is 0 Å². The predicted molar refractivity (Wildman–Crippen MR) is 104 cm³/mol. The van der Waals surface area contributed by atoms with Gasteiger partial charge in [0.05, 0.1) is 5.56 Å². The van der Waals surface area contributed by atoms with Crippen molar-refractivity contribution in [1.82, 2.24) is 9.88 Å². The van der Waals surface area contributed by atoms with Crippen LogP contribution in [0.1, 0.15) is 33.8 Å². The number of carbonyl (C=O) groups excluding carboxylic acids is 1. The smallest absolute Gasteiger partial charge is 0.338 e. The quantitative estimate of drug-likeness (QED) is 0.594. The van der Waals surface area contributed by atoms with Crippen molar-refractivity contribution in [3.05, 3.63) is 89.7 Å². The summed E-state index contributed by atoms with van der Waals surface area (Å²) in [6, 6.07) is 16.2. The number of pyridine rings is 1. The molecule has 1 saturated heterocycles. The van der Waals surface area contributed by atoms with Crippen LogP contribution in [0.2, 0.25) is 0 Å². The van der Waals surface area contributed by atoms with Gasteiger partial charge < -0.3 is 4.90 Å². The molecule has 1 unspecified atom stereocenters. The fourth-order valence-electron chi connectivity index (χ4n) is 3.73. The van der Waals surface area contributed by atoms with E-state index in [0.29, 0.717) is 24.2 Å². The van der Waals surface area contributed by atoms with Crippen LogP contribution in [0.4, 0.5) is 13.2 Å². The van der Waals surface area contributed by atoms with Crippen LogP contribution in [-0.4, -0.2) is 28.9 Å². The summed E-state index contributed by atoms with van der Waals surface area (Å²) in [5.41, 5.74) is 1.31.